The highest BCUT2D eigenvalue weighted by Gasteiger charge is 2.07. The second-order valence-electron chi connectivity index (χ2n) is 3.77. The van der Waals surface area contributed by atoms with Crippen LogP contribution < -0.4 is 10.6 Å². The molecule has 20 heavy (non-hydrogen) atoms. The molecular formula is C13H23N3O4. The molecule has 0 bridgehead atoms. The number of rotatable bonds is 12. The fraction of sp³-hybridized carbons (Fsp3) is 0.692. The van der Waals surface area contributed by atoms with Crippen LogP contribution in [0.5, 0.6) is 0 Å². The minimum absolute atomic E-state index is 0.0172. The van der Waals surface area contributed by atoms with Gasteiger partial charge in [0.1, 0.15) is 11.6 Å². The van der Waals surface area contributed by atoms with E-state index in [4.69, 9.17) is 19.8 Å². The molecule has 0 radical (unpaired) electrons. The highest BCUT2D eigenvalue weighted by Crippen LogP contribution is 1.91. The van der Waals surface area contributed by atoms with Crippen LogP contribution in [0.3, 0.4) is 0 Å². The Bertz CT molecular complexity index is 326. The van der Waals surface area contributed by atoms with Crippen molar-refractivity contribution >= 4 is 5.91 Å². The van der Waals surface area contributed by atoms with E-state index in [1.807, 2.05) is 13.0 Å². The number of aliphatic hydroxyl groups excluding tert-OH is 1. The third-order valence-electron chi connectivity index (χ3n) is 2.19. The van der Waals surface area contributed by atoms with Crippen LogP contribution in [0.1, 0.15) is 13.3 Å². The Morgan fingerprint density at radius 1 is 1.30 bits per heavy atom. The van der Waals surface area contributed by atoms with Crippen molar-refractivity contribution in [3.63, 3.8) is 0 Å². The lowest BCUT2D eigenvalue weighted by atomic mass is 10.3. The van der Waals surface area contributed by atoms with Crippen molar-refractivity contribution < 1.29 is 19.4 Å². The number of hydrogen-bond acceptors (Lipinski definition) is 6. The van der Waals surface area contributed by atoms with E-state index < -0.39 is 5.91 Å². The molecule has 1 amide bonds. The van der Waals surface area contributed by atoms with Crippen molar-refractivity contribution in [1.29, 1.82) is 5.26 Å². The second-order valence-corrected chi connectivity index (χ2v) is 3.77. The molecule has 0 saturated carbocycles. The molecule has 0 fully saturated rings. The first-order valence-corrected chi connectivity index (χ1v) is 6.64. The van der Waals surface area contributed by atoms with Gasteiger partial charge >= 0.3 is 0 Å². The van der Waals surface area contributed by atoms with Gasteiger partial charge in [0.15, 0.2) is 0 Å². The molecule has 0 aromatic rings. The average molecular weight is 285 g/mol. The van der Waals surface area contributed by atoms with Crippen LogP contribution in [-0.2, 0) is 14.3 Å². The molecule has 0 rings (SSSR count). The van der Waals surface area contributed by atoms with Crippen molar-refractivity contribution in [2.24, 2.45) is 0 Å². The Balaban J connectivity index is 3.81. The predicted octanol–water partition coefficient (Wildman–Crippen LogP) is -0.465. The van der Waals surface area contributed by atoms with Gasteiger partial charge in [-0.3, -0.25) is 4.79 Å². The normalized spacial score (nSPS) is 10.9. The molecule has 0 aliphatic heterocycles. The summed E-state index contributed by atoms with van der Waals surface area (Å²) in [7, 11) is 0. The topological polar surface area (TPSA) is 104 Å². The summed E-state index contributed by atoms with van der Waals surface area (Å²) >= 11 is 0. The highest BCUT2D eigenvalue weighted by atomic mass is 16.5. The molecule has 0 aliphatic rings. The van der Waals surface area contributed by atoms with Gasteiger partial charge in [-0.1, -0.05) is 0 Å². The average Bonchev–Trinajstić information content (AvgIpc) is 2.46. The molecule has 0 aromatic heterocycles. The standard InChI is InChI=1S/C13H23N3O4/c1-2-19-7-3-4-16-13(18)12(10-14)11-15-5-8-20-9-6-17/h11,15,17H,2-9H2,1H3,(H,16,18)/b12-11-. The van der Waals surface area contributed by atoms with Crippen molar-refractivity contribution in [1.82, 2.24) is 10.6 Å². The zero-order valence-electron chi connectivity index (χ0n) is 11.9. The fourth-order valence-corrected chi connectivity index (χ4v) is 1.24. The van der Waals surface area contributed by atoms with Crippen molar-refractivity contribution in [2.75, 3.05) is 46.1 Å². The number of aliphatic hydroxyl groups is 1. The van der Waals surface area contributed by atoms with E-state index >= 15 is 0 Å². The number of nitrogens with zero attached hydrogens (tertiary/aromatic N) is 1. The lowest BCUT2D eigenvalue weighted by Crippen LogP contribution is -2.27. The van der Waals surface area contributed by atoms with Gasteiger partial charge < -0.3 is 25.2 Å². The van der Waals surface area contributed by atoms with Crippen LogP contribution in [-0.4, -0.2) is 57.1 Å². The van der Waals surface area contributed by atoms with E-state index in [1.54, 1.807) is 0 Å². The smallest absolute Gasteiger partial charge is 0.263 e. The van der Waals surface area contributed by atoms with E-state index in [2.05, 4.69) is 10.6 Å². The number of hydrogen-bond donors (Lipinski definition) is 3. The van der Waals surface area contributed by atoms with Crippen molar-refractivity contribution in [2.45, 2.75) is 13.3 Å². The number of carbonyl (C=O) groups is 1. The summed E-state index contributed by atoms with van der Waals surface area (Å²) in [5.41, 5.74) is 0.0172. The molecule has 3 N–H and O–H groups in total. The van der Waals surface area contributed by atoms with E-state index in [0.717, 1.165) is 0 Å². The first-order valence-electron chi connectivity index (χ1n) is 6.64. The van der Waals surface area contributed by atoms with Gasteiger partial charge in [-0.25, -0.2) is 0 Å². The maximum Gasteiger partial charge on any atom is 0.263 e. The summed E-state index contributed by atoms with van der Waals surface area (Å²) in [4.78, 5) is 11.6. The van der Waals surface area contributed by atoms with Gasteiger partial charge in [-0.05, 0) is 13.3 Å². The Morgan fingerprint density at radius 3 is 2.75 bits per heavy atom. The molecule has 0 unspecified atom stereocenters. The fourth-order valence-electron chi connectivity index (χ4n) is 1.24. The van der Waals surface area contributed by atoms with Gasteiger partial charge in [0.25, 0.3) is 5.91 Å². The van der Waals surface area contributed by atoms with E-state index in [9.17, 15) is 4.79 Å². The number of carbonyl (C=O) groups excluding carboxylic acids is 1. The van der Waals surface area contributed by atoms with Crippen LogP contribution in [0.15, 0.2) is 11.8 Å². The zero-order valence-corrected chi connectivity index (χ0v) is 11.9. The maximum absolute atomic E-state index is 11.6. The summed E-state index contributed by atoms with van der Waals surface area (Å²) in [6, 6.07) is 1.83. The molecule has 0 atom stereocenters. The van der Waals surface area contributed by atoms with Gasteiger partial charge in [0.2, 0.25) is 0 Å². The number of ether oxygens (including phenoxy) is 2. The third-order valence-corrected chi connectivity index (χ3v) is 2.19. The summed E-state index contributed by atoms with van der Waals surface area (Å²) in [5.74, 6) is -0.409. The van der Waals surface area contributed by atoms with E-state index in [0.29, 0.717) is 39.3 Å². The Labute approximate surface area is 119 Å². The third kappa shape index (κ3) is 10.3. The van der Waals surface area contributed by atoms with Gasteiger partial charge in [-0.2, -0.15) is 5.26 Å². The molecule has 0 spiro atoms. The molecule has 114 valence electrons. The predicted molar refractivity (Wildman–Crippen MR) is 73.7 cm³/mol. The second kappa shape index (κ2) is 13.8. The summed E-state index contributed by atoms with van der Waals surface area (Å²) in [6.45, 7) is 4.72. The summed E-state index contributed by atoms with van der Waals surface area (Å²) in [5, 5.41) is 22.8. The Hall–Kier alpha value is -1.62. The monoisotopic (exact) mass is 285 g/mol. The van der Waals surface area contributed by atoms with Crippen LogP contribution in [0, 0.1) is 11.3 Å². The molecule has 0 saturated heterocycles. The quantitative estimate of drug-likeness (QED) is 0.254. The number of nitriles is 1. The van der Waals surface area contributed by atoms with Gasteiger partial charge in [0, 0.05) is 32.5 Å². The first kappa shape index (κ1) is 18.4. The summed E-state index contributed by atoms with van der Waals surface area (Å²) in [6.07, 6.45) is 2.07. The van der Waals surface area contributed by atoms with Crippen molar-refractivity contribution in [3.05, 3.63) is 11.8 Å². The number of nitrogens with one attached hydrogen (secondary N) is 2. The van der Waals surface area contributed by atoms with E-state index in [1.165, 1.54) is 6.20 Å². The lowest BCUT2D eigenvalue weighted by molar-refractivity contribution is -0.117. The zero-order chi connectivity index (χ0) is 15.1. The lowest BCUT2D eigenvalue weighted by Gasteiger charge is -2.05. The molecule has 0 aliphatic carbocycles. The van der Waals surface area contributed by atoms with Gasteiger partial charge in [-0.15, -0.1) is 0 Å². The van der Waals surface area contributed by atoms with Crippen LogP contribution in [0.4, 0.5) is 0 Å². The van der Waals surface area contributed by atoms with Crippen molar-refractivity contribution in [3.8, 4) is 6.07 Å². The molecular weight excluding hydrogens is 262 g/mol. The molecule has 0 heterocycles. The van der Waals surface area contributed by atoms with Crippen LogP contribution >= 0.6 is 0 Å². The van der Waals surface area contributed by atoms with Gasteiger partial charge in [0.05, 0.1) is 19.8 Å². The highest BCUT2D eigenvalue weighted by molar-refractivity contribution is 5.97. The first-order chi connectivity index (χ1) is 9.76. The van der Waals surface area contributed by atoms with Crippen LogP contribution in [0.2, 0.25) is 0 Å². The molecule has 0 aromatic carbocycles. The SMILES string of the molecule is CCOCCCNC(=O)/C(C#N)=C\NCCOCCO. The number of amides is 1. The maximum atomic E-state index is 11.6. The minimum Gasteiger partial charge on any atom is -0.394 e. The largest absolute Gasteiger partial charge is 0.394 e. The van der Waals surface area contributed by atoms with E-state index in [-0.39, 0.29) is 18.8 Å². The molecule has 7 nitrogen and oxygen atoms in total. The Kier molecular flexibility index (Phi) is 12.7. The Morgan fingerprint density at radius 2 is 2.10 bits per heavy atom. The van der Waals surface area contributed by atoms with Crippen LogP contribution in [0.25, 0.3) is 0 Å². The molecule has 7 heteroatoms. The minimum atomic E-state index is -0.409. The summed E-state index contributed by atoms with van der Waals surface area (Å²) < 4.78 is 10.2.